The molecule has 0 saturated heterocycles. The van der Waals surface area contributed by atoms with Crippen LogP contribution in [0.2, 0.25) is 0 Å². The van der Waals surface area contributed by atoms with Crippen LogP contribution in [-0.4, -0.2) is 24.6 Å². The number of hydrogen-bond acceptors (Lipinski definition) is 5. The van der Waals surface area contributed by atoms with Crippen LogP contribution in [0.15, 0.2) is 40.9 Å². The minimum atomic E-state index is -0.524. The molecule has 0 aliphatic rings. The number of carbonyl (C=O) groups is 2. The van der Waals surface area contributed by atoms with E-state index < -0.39 is 11.9 Å². The minimum absolute atomic E-state index is 0.192. The van der Waals surface area contributed by atoms with E-state index in [0.717, 1.165) is 15.6 Å². The summed E-state index contributed by atoms with van der Waals surface area (Å²) in [5.41, 5.74) is 2.26. The molecule has 0 aliphatic heterocycles. The monoisotopic (exact) mass is 420 g/mol. The van der Waals surface area contributed by atoms with Crippen LogP contribution in [-0.2, 0) is 9.53 Å². The fourth-order valence-corrected chi connectivity index (χ4v) is 3.05. The van der Waals surface area contributed by atoms with Crippen molar-refractivity contribution in [1.82, 2.24) is 0 Å². The van der Waals surface area contributed by atoms with Gasteiger partial charge in [0, 0.05) is 4.47 Å². The molecule has 5 nitrogen and oxygen atoms in total. The molecule has 2 rings (SSSR count). The van der Waals surface area contributed by atoms with E-state index in [-0.39, 0.29) is 12.7 Å². The van der Waals surface area contributed by atoms with Crippen LogP contribution in [0.4, 0.5) is 0 Å². The van der Waals surface area contributed by atoms with Gasteiger partial charge in [0.05, 0.1) is 11.7 Å². The van der Waals surface area contributed by atoms with Gasteiger partial charge in [0.1, 0.15) is 11.5 Å². The highest BCUT2D eigenvalue weighted by Gasteiger charge is 2.12. The Morgan fingerprint density at radius 2 is 1.62 bits per heavy atom. The molecule has 0 aromatic heterocycles. The number of halogens is 1. The lowest BCUT2D eigenvalue weighted by Gasteiger charge is -2.12. The highest BCUT2D eigenvalue weighted by atomic mass is 79.9. The van der Waals surface area contributed by atoms with Gasteiger partial charge in [0.2, 0.25) is 0 Å². The summed E-state index contributed by atoms with van der Waals surface area (Å²) >= 11 is 3.42. The van der Waals surface area contributed by atoms with E-state index in [2.05, 4.69) is 15.9 Å². The first-order chi connectivity index (χ1) is 12.3. The first kappa shape index (κ1) is 20.0. The Morgan fingerprint density at radius 3 is 2.15 bits per heavy atom. The third kappa shape index (κ3) is 5.59. The fourth-order valence-electron chi connectivity index (χ4n) is 2.36. The van der Waals surface area contributed by atoms with Crippen molar-refractivity contribution >= 4 is 27.9 Å². The molecule has 0 aliphatic carbocycles. The fraction of sp³-hybridized carbons (Fsp3) is 0.300. The molecule has 0 heterocycles. The molecule has 2 aromatic carbocycles. The predicted octanol–water partition coefficient (Wildman–Crippen LogP) is 4.62. The molecule has 0 amide bonds. The van der Waals surface area contributed by atoms with Gasteiger partial charge in [-0.05, 0) is 75.2 Å². The topological polar surface area (TPSA) is 61.8 Å². The van der Waals surface area contributed by atoms with Crippen LogP contribution in [0.5, 0.6) is 11.5 Å². The zero-order valence-corrected chi connectivity index (χ0v) is 16.8. The Balaban J connectivity index is 1.93. The standard InChI is InChI=1S/C20H21BrO5/c1-12(2)25-20(23)15-5-7-17(8-6-15)26-18(22)11-24-19-13(3)9-16(21)10-14(19)4/h5-10,12H,11H2,1-4H3. The maximum absolute atomic E-state index is 12.0. The summed E-state index contributed by atoms with van der Waals surface area (Å²) in [6, 6.07) is 10.0. The number of benzene rings is 2. The van der Waals surface area contributed by atoms with Gasteiger partial charge in [0.15, 0.2) is 6.61 Å². The first-order valence-corrected chi connectivity index (χ1v) is 8.97. The number of rotatable bonds is 6. The molecule has 26 heavy (non-hydrogen) atoms. The minimum Gasteiger partial charge on any atom is -0.481 e. The molecule has 0 saturated carbocycles. The molecule has 6 heteroatoms. The molecular weight excluding hydrogens is 400 g/mol. The van der Waals surface area contributed by atoms with Crippen LogP contribution in [0.3, 0.4) is 0 Å². The maximum Gasteiger partial charge on any atom is 0.349 e. The van der Waals surface area contributed by atoms with Crippen molar-refractivity contribution in [2.24, 2.45) is 0 Å². The average molecular weight is 421 g/mol. The van der Waals surface area contributed by atoms with E-state index in [1.807, 2.05) is 26.0 Å². The van der Waals surface area contributed by atoms with Crippen LogP contribution in [0, 0.1) is 13.8 Å². The Morgan fingerprint density at radius 1 is 1.04 bits per heavy atom. The maximum atomic E-state index is 12.0. The van der Waals surface area contributed by atoms with Crippen molar-refractivity contribution in [1.29, 1.82) is 0 Å². The SMILES string of the molecule is Cc1cc(Br)cc(C)c1OCC(=O)Oc1ccc(C(=O)OC(C)C)cc1. The summed E-state index contributed by atoms with van der Waals surface area (Å²) in [7, 11) is 0. The van der Waals surface area contributed by atoms with Crippen molar-refractivity contribution < 1.29 is 23.8 Å². The second-order valence-electron chi connectivity index (χ2n) is 6.11. The van der Waals surface area contributed by atoms with E-state index in [1.54, 1.807) is 38.1 Å². The lowest BCUT2D eigenvalue weighted by atomic mass is 10.1. The van der Waals surface area contributed by atoms with E-state index in [1.165, 1.54) is 0 Å². The highest BCUT2D eigenvalue weighted by Crippen LogP contribution is 2.27. The normalized spacial score (nSPS) is 10.5. The molecule has 0 N–H and O–H groups in total. The summed E-state index contributed by atoms with van der Waals surface area (Å²) in [5.74, 6) is 0.0625. The second kappa shape index (κ2) is 8.85. The Bertz CT molecular complexity index is 773. The van der Waals surface area contributed by atoms with E-state index in [4.69, 9.17) is 14.2 Å². The summed E-state index contributed by atoms with van der Waals surface area (Å²) < 4.78 is 16.9. The van der Waals surface area contributed by atoms with Gasteiger partial charge in [0.25, 0.3) is 0 Å². The van der Waals surface area contributed by atoms with Gasteiger partial charge in [-0.15, -0.1) is 0 Å². The van der Waals surface area contributed by atoms with E-state index in [0.29, 0.717) is 17.1 Å². The predicted molar refractivity (Wildman–Crippen MR) is 102 cm³/mol. The molecular formula is C20H21BrO5. The Labute approximate surface area is 161 Å². The number of carbonyl (C=O) groups excluding carboxylic acids is 2. The summed E-state index contributed by atoms with van der Waals surface area (Å²) in [6.07, 6.45) is -0.192. The van der Waals surface area contributed by atoms with Crippen molar-refractivity contribution in [3.05, 3.63) is 57.6 Å². The molecule has 0 fully saturated rings. The van der Waals surface area contributed by atoms with Gasteiger partial charge in [-0.25, -0.2) is 9.59 Å². The van der Waals surface area contributed by atoms with Crippen LogP contribution < -0.4 is 9.47 Å². The average Bonchev–Trinajstić information content (AvgIpc) is 2.53. The number of esters is 2. The van der Waals surface area contributed by atoms with Gasteiger partial charge < -0.3 is 14.2 Å². The lowest BCUT2D eigenvalue weighted by molar-refractivity contribution is -0.136. The third-order valence-corrected chi connectivity index (χ3v) is 3.88. The zero-order valence-electron chi connectivity index (χ0n) is 15.2. The van der Waals surface area contributed by atoms with Crippen molar-refractivity contribution in [2.75, 3.05) is 6.61 Å². The molecule has 138 valence electrons. The van der Waals surface area contributed by atoms with Gasteiger partial charge in [-0.1, -0.05) is 15.9 Å². The Hall–Kier alpha value is -2.34. The highest BCUT2D eigenvalue weighted by molar-refractivity contribution is 9.10. The quantitative estimate of drug-likeness (QED) is 0.504. The summed E-state index contributed by atoms with van der Waals surface area (Å²) in [5, 5.41) is 0. The first-order valence-electron chi connectivity index (χ1n) is 8.17. The van der Waals surface area contributed by atoms with E-state index >= 15 is 0 Å². The molecule has 0 unspecified atom stereocenters. The molecule has 0 radical (unpaired) electrons. The largest absolute Gasteiger partial charge is 0.481 e. The van der Waals surface area contributed by atoms with Crippen molar-refractivity contribution in [3.8, 4) is 11.5 Å². The zero-order chi connectivity index (χ0) is 19.3. The van der Waals surface area contributed by atoms with Crippen molar-refractivity contribution in [3.63, 3.8) is 0 Å². The van der Waals surface area contributed by atoms with Gasteiger partial charge in [-0.2, -0.15) is 0 Å². The van der Waals surface area contributed by atoms with E-state index in [9.17, 15) is 9.59 Å². The summed E-state index contributed by atoms with van der Waals surface area (Å²) in [4.78, 5) is 23.8. The smallest absolute Gasteiger partial charge is 0.349 e. The van der Waals surface area contributed by atoms with Gasteiger partial charge in [-0.3, -0.25) is 0 Å². The van der Waals surface area contributed by atoms with Crippen LogP contribution in [0.1, 0.15) is 35.3 Å². The molecule has 2 aromatic rings. The number of ether oxygens (including phenoxy) is 3. The van der Waals surface area contributed by atoms with Crippen molar-refractivity contribution in [2.45, 2.75) is 33.8 Å². The number of aryl methyl sites for hydroxylation is 2. The second-order valence-corrected chi connectivity index (χ2v) is 7.03. The van der Waals surface area contributed by atoms with Crippen LogP contribution in [0.25, 0.3) is 0 Å². The molecule has 0 bridgehead atoms. The van der Waals surface area contributed by atoms with Crippen LogP contribution >= 0.6 is 15.9 Å². The third-order valence-electron chi connectivity index (χ3n) is 3.42. The molecule has 0 atom stereocenters. The lowest BCUT2D eigenvalue weighted by Crippen LogP contribution is -2.18. The number of hydrogen-bond donors (Lipinski definition) is 0. The molecule has 0 spiro atoms. The van der Waals surface area contributed by atoms with Gasteiger partial charge >= 0.3 is 11.9 Å². The Kier molecular flexibility index (Phi) is 6.80. The summed E-state index contributed by atoms with van der Waals surface area (Å²) in [6.45, 7) is 7.17.